The molecule has 0 aliphatic rings. The van der Waals surface area contributed by atoms with E-state index in [1.165, 1.54) is 12.2 Å². The lowest BCUT2D eigenvalue weighted by Gasteiger charge is -1.85. The van der Waals surface area contributed by atoms with E-state index in [0.717, 1.165) is 0 Å². The van der Waals surface area contributed by atoms with Gasteiger partial charge in [-0.2, -0.15) is 5.26 Å². The number of allylic oxidation sites excluding steroid dienone is 3. The Morgan fingerprint density at radius 2 is 2.22 bits per heavy atom. The van der Waals surface area contributed by atoms with Crippen molar-refractivity contribution in [2.45, 2.75) is 0 Å². The molecule has 9 heavy (non-hydrogen) atoms. The number of aliphatic hydroxyl groups is 1. The standard InChI is InChI=1S/C7H7NO/c1-3-7(9)4-6(2)5-8/h3-4,9H,1-2H2/b7-4+. The number of hydrogen-bond acceptors (Lipinski definition) is 2. The zero-order chi connectivity index (χ0) is 7.28. The van der Waals surface area contributed by atoms with Gasteiger partial charge in [-0.25, -0.2) is 0 Å². The first-order valence-corrected chi connectivity index (χ1v) is 2.33. The molecule has 0 aromatic heterocycles. The Bertz CT molecular complexity index is 195. The summed E-state index contributed by atoms with van der Waals surface area (Å²) in [6.07, 6.45) is 2.48. The van der Waals surface area contributed by atoms with Crippen LogP contribution in [-0.4, -0.2) is 5.11 Å². The summed E-state index contributed by atoms with van der Waals surface area (Å²) in [5.41, 5.74) is 0.215. The molecule has 0 rings (SSSR count). The minimum Gasteiger partial charge on any atom is -0.508 e. The maximum atomic E-state index is 8.69. The molecule has 0 aromatic carbocycles. The van der Waals surface area contributed by atoms with Gasteiger partial charge in [0.05, 0.1) is 6.07 Å². The maximum Gasteiger partial charge on any atom is 0.116 e. The first-order valence-electron chi connectivity index (χ1n) is 2.33. The first kappa shape index (κ1) is 7.51. The van der Waals surface area contributed by atoms with Crippen molar-refractivity contribution in [1.29, 1.82) is 5.26 Å². The summed E-state index contributed by atoms with van der Waals surface area (Å²) in [6, 6.07) is 1.75. The van der Waals surface area contributed by atoms with Crippen LogP contribution >= 0.6 is 0 Å². The summed E-state index contributed by atoms with van der Waals surface area (Å²) in [5, 5.41) is 16.8. The molecule has 0 aliphatic heterocycles. The van der Waals surface area contributed by atoms with Crippen molar-refractivity contribution in [2.24, 2.45) is 0 Å². The van der Waals surface area contributed by atoms with Gasteiger partial charge in [0.2, 0.25) is 0 Å². The van der Waals surface area contributed by atoms with Crippen molar-refractivity contribution in [3.05, 3.63) is 36.6 Å². The molecule has 0 unspecified atom stereocenters. The zero-order valence-corrected chi connectivity index (χ0v) is 4.96. The lowest BCUT2D eigenvalue weighted by Crippen LogP contribution is -1.73. The van der Waals surface area contributed by atoms with E-state index < -0.39 is 0 Å². The average molecular weight is 121 g/mol. The van der Waals surface area contributed by atoms with Crippen molar-refractivity contribution in [3.8, 4) is 6.07 Å². The van der Waals surface area contributed by atoms with Crippen molar-refractivity contribution in [1.82, 2.24) is 0 Å². The molecule has 0 amide bonds. The second-order valence-corrected chi connectivity index (χ2v) is 1.41. The predicted octanol–water partition coefficient (Wildman–Crippen LogP) is 1.69. The fraction of sp³-hybridized carbons (Fsp3) is 0. The van der Waals surface area contributed by atoms with Crippen molar-refractivity contribution < 1.29 is 5.11 Å². The predicted molar refractivity (Wildman–Crippen MR) is 35.7 cm³/mol. The van der Waals surface area contributed by atoms with Gasteiger partial charge in [-0.15, -0.1) is 0 Å². The molecule has 0 fully saturated rings. The van der Waals surface area contributed by atoms with Crippen LogP contribution in [0.1, 0.15) is 0 Å². The van der Waals surface area contributed by atoms with Crippen molar-refractivity contribution >= 4 is 0 Å². The summed E-state index contributed by atoms with van der Waals surface area (Å²) in [6.45, 7) is 6.59. The third-order valence-electron chi connectivity index (χ3n) is 0.675. The SMILES string of the molecule is C=C/C(O)=C\C(=C)C#N. The van der Waals surface area contributed by atoms with E-state index in [-0.39, 0.29) is 11.3 Å². The number of rotatable bonds is 2. The van der Waals surface area contributed by atoms with Crippen LogP contribution in [-0.2, 0) is 0 Å². The third-order valence-corrected chi connectivity index (χ3v) is 0.675. The molecular weight excluding hydrogens is 114 g/mol. The summed E-state index contributed by atoms with van der Waals surface area (Å²) in [4.78, 5) is 0. The van der Waals surface area contributed by atoms with E-state index in [2.05, 4.69) is 13.2 Å². The molecule has 0 radical (unpaired) electrons. The molecule has 2 nitrogen and oxygen atoms in total. The molecule has 0 atom stereocenters. The Hall–Kier alpha value is -1.49. The fourth-order valence-electron chi connectivity index (χ4n) is 0.270. The van der Waals surface area contributed by atoms with E-state index in [1.54, 1.807) is 6.07 Å². The van der Waals surface area contributed by atoms with E-state index in [1.807, 2.05) is 0 Å². The molecule has 0 heterocycles. The van der Waals surface area contributed by atoms with Gasteiger partial charge in [-0.1, -0.05) is 13.2 Å². The number of nitrogens with zero attached hydrogens (tertiary/aromatic N) is 1. The van der Waals surface area contributed by atoms with E-state index >= 15 is 0 Å². The highest BCUT2D eigenvalue weighted by atomic mass is 16.3. The highest BCUT2D eigenvalue weighted by molar-refractivity contribution is 5.32. The van der Waals surface area contributed by atoms with Crippen LogP contribution in [0.15, 0.2) is 36.6 Å². The smallest absolute Gasteiger partial charge is 0.116 e. The van der Waals surface area contributed by atoms with Gasteiger partial charge in [0.15, 0.2) is 0 Å². The number of aliphatic hydroxyl groups excluding tert-OH is 1. The van der Waals surface area contributed by atoms with Crippen molar-refractivity contribution in [3.63, 3.8) is 0 Å². The maximum absolute atomic E-state index is 8.69. The Morgan fingerprint density at radius 3 is 2.56 bits per heavy atom. The van der Waals surface area contributed by atoms with Gasteiger partial charge < -0.3 is 5.11 Å². The van der Waals surface area contributed by atoms with Gasteiger partial charge >= 0.3 is 0 Å². The number of nitriles is 1. The van der Waals surface area contributed by atoms with Gasteiger partial charge in [0.25, 0.3) is 0 Å². The van der Waals surface area contributed by atoms with Gasteiger partial charge in [0.1, 0.15) is 5.76 Å². The largest absolute Gasteiger partial charge is 0.508 e. The van der Waals surface area contributed by atoms with Crippen LogP contribution < -0.4 is 0 Å². The molecule has 46 valence electrons. The molecule has 0 bridgehead atoms. The second kappa shape index (κ2) is 3.50. The monoisotopic (exact) mass is 121 g/mol. The van der Waals surface area contributed by atoms with Crippen LogP contribution in [0.25, 0.3) is 0 Å². The molecule has 0 saturated carbocycles. The summed E-state index contributed by atoms with van der Waals surface area (Å²) < 4.78 is 0. The molecule has 1 N–H and O–H groups in total. The highest BCUT2D eigenvalue weighted by Gasteiger charge is 1.85. The Morgan fingerprint density at radius 1 is 1.67 bits per heavy atom. The van der Waals surface area contributed by atoms with Crippen LogP contribution in [0.3, 0.4) is 0 Å². The van der Waals surface area contributed by atoms with Crippen LogP contribution in [0.4, 0.5) is 0 Å². The molecule has 2 heteroatoms. The molecular formula is C7H7NO. The highest BCUT2D eigenvalue weighted by Crippen LogP contribution is 1.95. The second-order valence-electron chi connectivity index (χ2n) is 1.41. The lowest BCUT2D eigenvalue weighted by atomic mass is 10.3. The topological polar surface area (TPSA) is 44.0 Å². The fourth-order valence-corrected chi connectivity index (χ4v) is 0.270. The van der Waals surface area contributed by atoms with Gasteiger partial charge in [-0.3, -0.25) is 0 Å². The zero-order valence-electron chi connectivity index (χ0n) is 4.96. The Labute approximate surface area is 54.0 Å². The van der Waals surface area contributed by atoms with Crippen molar-refractivity contribution in [2.75, 3.05) is 0 Å². The quantitative estimate of drug-likeness (QED) is 0.343. The van der Waals surface area contributed by atoms with E-state index in [4.69, 9.17) is 10.4 Å². The summed E-state index contributed by atoms with van der Waals surface area (Å²) in [7, 11) is 0. The van der Waals surface area contributed by atoms with E-state index in [9.17, 15) is 0 Å². The minimum atomic E-state index is -0.0402. The van der Waals surface area contributed by atoms with Gasteiger partial charge in [0, 0.05) is 5.57 Å². The molecule has 0 aliphatic carbocycles. The van der Waals surface area contributed by atoms with E-state index in [0.29, 0.717) is 0 Å². The molecule has 0 saturated heterocycles. The Kier molecular flexibility index (Phi) is 2.92. The summed E-state index contributed by atoms with van der Waals surface area (Å²) in [5.74, 6) is -0.0402. The van der Waals surface area contributed by atoms with Crippen LogP contribution in [0.2, 0.25) is 0 Å². The molecule has 0 spiro atoms. The van der Waals surface area contributed by atoms with Gasteiger partial charge in [-0.05, 0) is 12.2 Å². The first-order chi connectivity index (χ1) is 4.20. The molecule has 0 aromatic rings. The Balaban J connectivity index is 4.16. The lowest BCUT2D eigenvalue weighted by molar-refractivity contribution is 0.432. The average Bonchev–Trinajstić information content (AvgIpc) is 1.87. The summed E-state index contributed by atoms with van der Waals surface area (Å²) >= 11 is 0. The normalized spacial score (nSPS) is 9.89. The third kappa shape index (κ3) is 3.12. The van der Waals surface area contributed by atoms with Crippen LogP contribution in [0.5, 0.6) is 0 Å². The van der Waals surface area contributed by atoms with Crippen LogP contribution in [0, 0.1) is 11.3 Å². The number of hydrogen-bond donors (Lipinski definition) is 1. The minimum absolute atomic E-state index is 0.0402.